The van der Waals surface area contributed by atoms with E-state index in [0.717, 1.165) is 37.3 Å². The third kappa shape index (κ3) is 4.75. The fourth-order valence-electron chi connectivity index (χ4n) is 3.00. The van der Waals surface area contributed by atoms with Crippen LogP contribution in [0.2, 0.25) is 5.02 Å². The van der Waals surface area contributed by atoms with Crippen LogP contribution in [0.5, 0.6) is 0 Å². The van der Waals surface area contributed by atoms with E-state index in [4.69, 9.17) is 16.6 Å². The fraction of sp³-hybridized carbons (Fsp3) is 0.0833. The Morgan fingerprint density at radius 3 is 2.33 bits per heavy atom. The molecule has 1 heterocycles. The van der Waals surface area contributed by atoms with Crippen molar-refractivity contribution in [3.8, 4) is 21.7 Å². The molecular weight excluding hydrogens is 432 g/mol. The second-order valence-corrected chi connectivity index (χ2v) is 9.27. The van der Waals surface area contributed by atoms with Gasteiger partial charge in [-0.05, 0) is 30.2 Å². The zero-order valence-electron chi connectivity index (χ0n) is 16.3. The average Bonchev–Trinajstić information content (AvgIpc) is 3.21. The topological polar surface area (TPSA) is 42.0 Å². The van der Waals surface area contributed by atoms with Gasteiger partial charge in [0, 0.05) is 16.3 Å². The van der Waals surface area contributed by atoms with Crippen LogP contribution in [0.3, 0.4) is 0 Å². The molecule has 0 aliphatic rings. The van der Waals surface area contributed by atoms with E-state index in [-0.39, 0.29) is 11.7 Å². The Balaban J connectivity index is 1.54. The lowest BCUT2D eigenvalue weighted by molar-refractivity contribution is -0.113. The van der Waals surface area contributed by atoms with Gasteiger partial charge in [-0.3, -0.25) is 4.79 Å². The molecular formula is C24H19ClN2OS2. The summed E-state index contributed by atoms with van der Waals surface area (Å²) in [6.45, 7) is 1.89. The number of benzene rings is 3. The van der Waals surface area contributed by atoms with Crippen LogP contribution < -0.4 is 5.32 Å². The van der Waals surface area contributed by atoms with Gasteiger partial charge < -0.3 is 5.32 Å². The molecule has 1 N–H and O–H groups in total. The van der Waals surface area contributed by atoms with Crippen LogP contribution >= 0.6 is 34.7 Å². The summed E-state index contributed by atoms with van der Waals surface area (Å²) in [4.78, 5) is 18.4. The minimum atomic E-state index is -0.0805. The number of amides is 1. The second kappa shape index (κ2) is 9.47. The van der Waals surface area contributed by atoms with Crippen molar-refractivity contribution in [2.75, 3.05) is 11.1 Å². The number of hydrogen-bond donors (Lipinski definition) is 1. The Hall–Kier alpha value is -2.60. The number of anilines is 1. The van der Waals surface area contributed by atoms with E-state index in [0.29, 0.717) is 5.02 Å². The van der Waals surface area contributed by atoms with Crippen molar-refractivity contribution in [2.24, 2.45) is 0 Å². The number of hydrogen-bond acceptors (Lipinski definition) is 4. The van der Waals surface area contributed by atoms with Crippen molar-refractivity contribution in [3.63, 3.8) is 0 Å². The van der Waals surface area contributed by atoms with Gasteiger partial charge in [-0.2, -0.15) is 0 Å². The van der Waals surface area contributed by atoms with E-state index in [1.807, 2.05) is 61.5 Å². The highest BCUT2D eigenvalue weighted by molar-refractivity contribution is 8.01. The van der Waals surface area contributed by atoms with E-state index in [1.54, 1.807) is 11.3 Å². The van der Waals surface area contributed by atoms with Gasteiger partial charge in [-0.1, -0.05) is 90.1 Å². The predicted octanol–water partition coefficient (Wildman–Crippen LogP) is 7.17. The van der Waals surface area contributed by atoms with Gasteiger partial charge in [0.2, 0.25) is 5.91 Å². The first-order chi connectivity index (χ1) is 14.6. The quantitative estimate of drug-likeness (QED) is 0.316. The van der Waals surface area contributed by atoms with Crippen LogP contribution in [0.1, 0.15) is 5.56 Å². The van der Waals surface area contributed by atoms with E-state index in [2.05, 4.69) is 29.6 Å². The number of thiazole rings is 1. The Labute approximate surface area is 189 Å². The number of carbonyl (C=O) groups is 1. The number of nitrogens with zero attached hydrogens (tertiary/aromatic N) is 1. The van der Waals surface area contributed by atoms with Crippen molar-refractivity contribution in [3.05, 3.63) is 89.4 Å². The van der Waals surface area contributed by atoms with Crippen molar-refractivity contribution >= 4 is 46.3 Å². The molecule has 1 aromatic heterocycles. The number of halogens is 1. The zero-order chi connectivity index (χ0) is 20.9. The molecule has 1 amide bonds. The zero-order valence-corrected chi connectivity index (χ0v) is 18.7. The van der Waals surface area contributed by atoms with Crippen molar-refractivity contribution in [2.45, 2.75) is 11.3 Å². The summed E-state index contributed by atoms with van der Waals surface area (Å²) in [6.07, 6.45) is 0. The monoisotopic (exact) mass is 450 g/mol. The van der Waals surface area contributed by atoms with Crippen LogP contribution in [0.4, 0.5) is 5.69 Å². The molecule has 0 aliphatic carbocycles. The summed E-state index contributed by atoms with van der Waals surface area (Å²) in [7, 11) is 0. The Morgan fingerprint density at radius 2 is 1.63 bits per heavy atom. The summed E-state index contributed by atoms with van der Waals surface area (Å²) < 4.78 is 0.866. The normalized spacial score (nSPS) is 10.7. The van der Waals surface area contributed by atoms with Crippen LogP contribution in [-0.4, -0.2) is 16.6 Å². The molecule has 0 unspecified atom stereocenters. The van der Waals surface area contributed by atoms with E-state index >= 15 is 0 Å². The first-order valence-electron chi connectivity index (χ1n) is 9.41. The highest BCUT2D eigenvalue weighted by Gasteiger charge is 2.16. The molecule has 4 rings (SSSR count). The molecule has 0 radical (unpaired) electrons. The maximum Gasteiger partial charge on any atom is 0.234 e. The Bertz CT molecular complexity index is 1100. The summed E-state index contributed by atoms with van der Waals surface area (Å²) in [5.41, 5.74) is 4.74. The minimum Gasteiger partial charge on any atom is -0.325 e. The second-order valence-electron chi connectivity index (χ2n) is 6.64. The number of carbonyl (C=O) groups excluding carboxylic acids is 1. The molecule has 0 bridgehead atoms. The highest BCUT2D eigenvalue weighted by atomic mass is 35.5. The van der Waals surface area contributed by atoms with Crippen LogP contribution in [0, 0.1) is 6.92 Å². The highest BCUT2D eigenvalue weighted by Crippen LogP contribution is 2.40. The van der Waals surface area contributed by atoms with E-state index < -0.39 is 0 Å². The van der Waals surface area contributed by atoms with Gasteiger partial charge in [0.15, 0.2) is 4.34 Å². The molecule has 0 atom stereocenters. The molecule has 3 nitrogen and oxygen atoms in total. The lowest BCUT2D eigenvalue weighted by Gasteiger charge is -2.08. The van der Waals surface area contributed by atoms with Gasteiger partial charge in [0.05, 0.1) is 16.3 Å². The fourth-order valence-corrected chi connectivity index (χ4v) is 5.14. The molecule has 0 fully saturated rings. The molecule has 6 heteroatoms. The average molecular weight is 451 g/mol. The van der Waals surface area contributed by atoms with Gasteiger partial charge >= 0.3 is 0 Å². The summed E-state index contributed by atoms with van der Waals surface area (Å²) >= 11 is 9.20. The molecule has 4 aromatic rings. The summed E-state index contributed by atoms with van der Waals surface area (Å²) in [6, 6.07) is 25.9. The van der Waals surface area contributed by atoms with Crippen LogP contribution in [-0.2, 0) is 4.79 Å². The lowest BCUT2D eigenvalue weighted by atomic mass is 10.1. The van der Waals surface area contributed by atoms with E-state index in [9.17, 15) is 4.79 Å². The first kappa shape index (κ1) is 20.7. The molecule has 30 heavy (non-hydrogen) atoms. The third-order valence-electron chi connectivity index (χ3n) is 4.56. The van der Waals surface area contributed by atoms with Crippen molar-refractivity contribution in [1.29, 1.82) is 0 Å². The van der Waals surface area contributed by atoms with Crippen LogP contribution in [0.15, 0.2) is 83.2 Å². The number of rotatable bonds is 6. The maximum absolute atomic E-state index is 12.5. The number of nitrogens with one attached hydrogen (secondary N) is 1. The first-order valence-corrected chi connectivity index (χ1v) is 11.6. The van der Waals surface area contributed by atoms with Crippen molar-refractivity contribution < 1.29 is 4.79 Å². The largest absolute Gasteiger partial charge is 0.325 e. The molecule has 0 saturated heterocycles. The smallest absolute Gasteiger partial charge is 0.234 e. The molecule has 0 aliphatic heterocycles. The molecule has 3 aromatic carbocycles. The van der Waals surface area contributed by atoms with Gasteiger partial charge in [0.25, 0.3) is 0 Å². The SMILES string of the molecule is Cc1c(Cl)cccc1NC(=O)CSc1nc(-c2ccccc2)c(-c2ccccc2)s1. The van der Waals surface area contributed by atoms with E-state index in [1.165, 1.54) is 11.8 Å². The minimum absolute atomic E-state index is 0.0805. The van der Waals surface area contributed by atoms with Crippen LogP contribution in [0.25, 0.3) is 21.7 Å². The number of aromatic nitrogens is 1. The molecule has 150 valence electrons. The maximum atomic E-state index is 12.5. The lowest BCUT2D eigenvalue weighted by Crippen LogP contribution is -2.14. The molecule has 0 spiro atoms. The summed E-state index contributed by atoms with van der Waals surface area (Å²) in [5.74, 6) is 0.199. The van der Waals surface area contributed by atoms with Crippen molar-refractivity contribution in [1.82, 2.24) is 4.98 Å². The standard InChI is InChI=1S/C24H19ClN2OS2/c1-16-19(25)13-8-14-20(16)26-21(28)15-29-24-27-22(17-9-4-2-5-10-17)23(30-24)18-11-6-3-7-12-18/h2-14H,15H2,1H3,(H,26,28). The van der Waals surface area contributed by atoms with Gasteiger partial charge in [-0.25, -0.2) is 4.98 Å². The Morgan fingerprint density at radius 1 is 0.967 bits per heavy atom. The summed E-state index contributed by atoms with van der Waals surface area (Å²) in [5, 5.41) is 3.58. The van der Waals surface area contributed by atoms with Gasteiger partial charge in [-0.15, -0.1) is 11.3 Å². The predicted molar refractivity (Wildman–Crippen MR) is 129 cm³/mol. The van der Waals surface area contributed by atoms with Gasteiger partial charge in [0.1, 0.15) is 0 Å². The number of thioether (sulfide) groups is 1. The third-order valence-corrected chi connectivity index (χ3v) is 7.22. The molecule has 0 saturated carbocycles. The Kier molecular flexibility index (Phi) is 6.53.